The second-order valence-electron chi connectivity index (χ2n) is 11.0. The van der Waals surface area contributed by atoms with Crippen LogP contribution in [0.3, 0.4) is 0 Å². The van der Waals surface area contributed by atoms with Crippen LogP contribution in [0, 0.1) is 0 Å². The molecule has 39 heavy (non-hydrogen) atoms. The Morgan fingerprint density at radius 1 is 0.615 bits per heavy atom. The Kier molecular flexibility index (Phi) is 31.8. The van der Waals surface area contributed by atoms with Crippen LogP contribution in [0.25, 0.3) is 0 Å². The van der Waals surface area contributed by atoms with Gasteiger partial charge in [0.25, 0.3) is 0 Å². The molecule has 17 heteroatoms. The predicted octanol–water partition coefficient (Wildman–Crippen LogP) is 3.34. The molecule has 0 aromatic heterocycles. The van der Waals surface area contributed by atoms with Gasteiger partial charge < -0.3 is 50.8 Å². The summed E-state index contributed by atoms with van der Waals surface area (Å²) in [4.78, 5) is 27.7. The number of rotatable bonds is 15. The maximum atomic E-state index is 10.2. The molecule has 0 heterocycles. The van der Waals surface area contributed by atoms with E-state index in [0.29, 0.717) is 12.7 Å². The Labute approximate surface area is 259 Å². The molecule has 11 nitrogen and oxygen atoms in total. The fourth-order valence-electron chi connectivity index (χ4n) is 2.73. The van der Waals surface area contributed by atoms with Crippen LogP contribution in [-0.2, 0) is 53.0 Å². The Hall–Kier alpha value is 1.36. The van der Waals surface area contributed by atoms with E-state index in [4.69, 9.17) is 37.1 Å². The van der Waals surface area contributed by atoms with E-state index in [-0.39, 0.29) is 33.9 Å². The normalized spacial score (nSPS) is 13.8. The van der Waals surface area contributed by atoms with E-state index in [1.165, 1.54) is 28.4 Å². The standard InChI is InChI=1S/C15H38O6Si3.2C3H10O2Si.CH4O.Ti/c1-10-14(13-24(16,18-3)19-4)20-11-15(17-2)12-23(8,9)21-22(5,6)7;2*1-5-6(2,3)4;1-2;/h14-16H,10-13H2,1-9H3;2*4H,1-3H3;2H,1H3;. The molecule has 0 rings (SSSR count). The van der Waals surface area contributed by atoms with Crippen LogP contribution in [0.1, 0.15) is 13.3 Å². The van der Waals surface area contributed by atoms with Gasteiger partial charge >= 0.3 is 25.9 Å². The molecule has 0 aliphatic rings. The van der Waals surface area contributed by atoms with Gasteiger partial charge in [0.15, 0.2) is 16.6 Å². The van der Waals surface area contributed by atoms with Crippen molar-refractivity contribution in [1.82, 2.24) is 0 Å². The van der Waals surface area contributed by atoms with E-state index in [2.05, 4.69) is 41.6 Å². The predicted molar refractivity (Wildman–Crippen MR) is 166 cm³/mol. The zero-order valence-corrected chi connectivity index (χ0v) is 34.2. The van der Waals surface area contributed by atoms with E-state index in [1.807, 2.05) is 6.92 Å². The first-order chi connectivity index (χ1) is 17.0. The molecular weight excluding hydrogens is 629 g/mol. The topological polar surface area (TPSA) is 146 Å². The molecule has 0 radical (unpaired) electrons. The quantitative estimate of drug-likeness (QED) is 0.188. The fourth-order valence-corrected chi connectivity index (χ4v) is 12.6. The van der Waals surface area contributed by atoms with Crippen molar-refractivity contribution in [3.05, 3.63) is 0 Å². The molecule has 0 saturated heterocycles. The third-order valence-corrected chi connectivity index (χ3v) is 15.1. The number of ether oxygens (including phenoxy) is 2. The molecule has 0 bridgehead atoms. The van der Waals surface area contributed by atoms with Gasteiger partial charge in [0.1, 0.15) is 0 Å². The molecule has 0 aliphatic carbocycles. The van der Waals surface area contributed by atoms with Gasteiger partial charge in [-0.15, -0.1) is 0 Å². The molecule has 240 valence electrons. The molecule has 0 aliphatic heterocycles. The summed E-state index contributed by atoms with van der Waals surface area (Å²) in [5.74, 6) is 0. The molecule has 2 unspecified atom stereocenters. The van der Waals surface area contributed by atoms with Crippen molar-refractivity contribution in [2.24, 2.45) is 0 Å². The van der Waals surface area contributed by atoms with Crippen LogP contribution in [0.2, 0.25) is 71.0 Å². The maximum Gasteiger partial charge on any atom is 0.500 e. The van der Waals surface area contributed by atoms with Crippen LogP contribution < -0.4 is 0 Å². The summed E-state index contributed by atoms with van der Waals surface area (Å²) in [6, 6.07) is 1.28. The zero-order chi connectivity index (χ0) is 31.4. The van der Waals surface area contributed by atoms with Crippen LogP contribution in [0.5, 0.6) is 0 Å². The minimum absolute atomic E-state index is 0. The third-order valence-electron chi connectivity index (χ3n) is 4.73. The molecule has 4 N–H and O–H groups in total. The molecule has 0 aromatic carbocycles. The first kappa shape index (κ1) is 50.0. The van der Waals surface area contributed by atoms with Gasteiger partial charge in [0.05, 0.1) is 18.8 Å². The maximum absolute atomic E-state index is 10.2. The number of hydrogen-bond acceptors (Lipinski definition) is 11. The number of aliphatic hydroxyl groups excluding tert-OH is 1. The summed E-state index contributed by atoms with van der Waals surface area (Å²) in [5, 5.41) is 7.00. The Balaban J connectivity index is -0.000000211. The second-order valence-corrected chi connectivity index (χ2v) is 29.2. The minimum Gasteiger partial charge on any atom is -0.456 e. The summed E-state index contributed by atoms with van der Waals surface area (Å²) in [5.41, 5.74) is 0. The summed E-state index contributed by atoms with van der Waals surface area (Å²) in [7, 11) is -2.04. The van der Waals surface area contributed by atoms with E-state index in [1.54, 1.807) is 33.3 Å². The first-order valence-electron chi connectivity index (χ1n) is 12.7. The minimum atomic E-state index is -3.12. The van der Waals surface area contributed by atoms with Crippen molar-refractivity contribution in [3.8, 4) is 0 Å². The largest absolute Gasteiger partial charge is 0.500 e. The van der Waals surface area contributed by atoms with Crippen molar-refractivity contribution >= 4 is 42.6 Å². The van der Waals surface area contributed by atoms with Crippen LogP contribution >= 0.6 is 0 Å². The SMILES string of the molecule is CCC(C[Si](O)(OC)OC)OCC(C[Si](C)(C)O[Si](C)(C)C)OC.CO.CO[Si](C)(C)O.CO[Si](C)(C)O.[Ti]. The van der Waals surface area contributed by atoms with E-state index < -0.39 is 42.6 Å². The average Bonchev–Trinajstić information content (AvgIpc) is 2.80. The average molecular weight is 691 g/mol. The molecular formula is C22H62O11Si5Ti. The molecule has 0 fully saturated rings. The Bertz CT molecular complexity index is 528. The summed E-state index contributed by atoms with van der Waals surface area (Å²) < 4.78 is 37.5. The Morgan fingerprint density at radius 3 is 1.21 bits per heavy atom. The third kappa shape index (κ3) is 37.3. The zero-order valence-electron chi connectivity index (χ0n) is 27.6. The van der Waals surface area contributed by atoms with E-state index in [0.717, 1.165) is 19.6 Å². The van der Waals surface area contributed by atoms with Crippen LogP contribution in [0.4, 0.5) is 0 Å². The van der Waals surface area contributed by atoms with Crippen LogP contribution in [0.15, 0.2) is 0 Å². The van der Waals surface area contributed by atoms with Crippen molar-refractivity contribution in [2.45, 2.75) is 96.6 Å². The smallest absolute Gasteiger partial charge is 0.456 e. The molecule has 0 spiro atoms. The van der Waals surface area contributed by atoms with Gasteiger partial charge in [0, 0.05) is 70.4 Å². The molecule has 0 aromatic rings. The van der Waals surface area contributed by atoms with E-state index >= 15 is 0 Å². The Morgan fingerprint density at radius 2 is 0.974 bits per heavy atom. The van der Waals surface area contributed by atoms with Gasteiger partial charge in [-0.2, -0.15) is 0 Å². The summed E-state index contributed by atoms with van der Waals surface area (Å²) >= 11 is 0. The fraction of sp³-hybridized carbons (Fsp3) is 1.00. The number of aliphatic hydroxyl groups is 1. The van der Waals surface area contributed by atoms with Crippen LogP contribution in [-0.4, -0.2) is 124 Å². The molecule has 0 saturated carbocycles. The summed E-state index contributed by atoms with van der Waals surface area (Å²) in [6.45, 7) is 20.5. The van der Waals surface area contributed by atoms with Crippen molar-refractivity contribution in [2.75, 3.05) is 49.3 Å². The van der Waals surface area contributed by atoms with E-state index in [9.17, 15) is 4.80 Å². The molecule has 0 amide bonds. The van der Waals surface area contributed by atoms with Gasteiger partial charge in [-0.05, 0) is 71.4 Å². The van der Waals surface area contributed by atoms with Crippen molar-refractivity contribution < 1.29 is 72.5 Å². The monoisotopic (exact) mass is 690 g/mol. The van der Waals surface area contributed by atoms with Gasteiger partial charge in [-0.25, -0.2) is 0 Å². The van der Waals surface area contributed by atoms with Gasteiger partial charge in [-0.3, -0.25) is 0 Å². The van der Waals surface area contributed by atoms with Crippen molar-refractivity contribution in [1.29, 1.82) is 0 Å². The number of hydrogen-bond donors (Lipinski definition) is 4. The van der Waals surface area contributed by atoms with Gasteiger partial charge in [0.2, 0.25) is 0 Å². The van der Waals surface area contributed by atoms with Crippen molar-refractivity contribution in [3.63, 3.8) is 0 Å². The second kappa shape index (κ2) is 24.8. The first-order valence-corrected chi connectivity index (χ1v) is 26.9. The van der Waals surface area contributed by atoms with Gasteiger partial charge in [-0.1, -0.05) is 6.92 Å². The molecule has 2 atom stereocenters. The number of methoxy groups -OCH3 is 1. The summed E-state index contributed by atoms with van der Waals surface area (Å²) in [6.07, 6.45) is 0.670.